The molecule has 25 heavy (non-hydrogen) atoms. The van der Waals surface area contributed by atoms with Gasteiger partial charge >= 0.3 is 0 Å². The van der Waals surface area contributed by atoms with Crippen LogP contribution in [0.5, 0.6) is 0 Å². The first-order chi connectivity index (χ1) is 11.8. The number of aromatic nitrogens is 2. The van der Waals surface area contributed by atoms with Gasteiger partial charge in [0.2, 0.25) is 5.89 Å². The van der Waals surface area contributed by atoms with Gasteiger partial charge in [-0.2, -0.15) is 4.98 Å². The van der Waals surface area contributed by atoms with E-state index in [1.54, 1.807) is 0 Å². The highest BCUT2D eigenvalue weighted by molar-refractivity contribution is 5.80. The van der Waals surface area contributed by atoms with Gasteiger partial charge in [0.1, 0.15) is 6.54 Å². The second kappa shape index (κ2) is 8.65. The maximum Gasteiger partial charge on any atom is 0.232 e. The summed E-state index contributed by atoms with van der Waals surface area (Å²) in [6, 6.07) is 0. The normalized spacial score (nSPS) is 17.4. The molecule has 0 amide bonds. The van der Waals surface area contributed by atoms with Crippen molar-refractivity contribution in [3.63, 3.8) is 0 Å². The van der Waals surface area contributed by atoms with E-state index in [0.29, 0.717) is 24.2 Å². The zero-order valence-corrected chi connectivity index (χ0v) is 16.7. The van der Waals surface area contributed by atoms with Gasteiger partial charge in [0.15, 0.2) is 11.8 Å². The second-order valence-corrected chi connectivity index (χ2v) is 8.12. The van der Waals surface area contributed by atoms with Gasteiger partial charge in [-0.05, 0) is 12.8 Å². The average molecular weight is 351 g/mol. The lowest BCUT2D eigenvalue weighted by atomic mass is 9.97. The minimum atomic E-state index is -0.133. The fraction of sp³-hybridized carbons (Fsp3) is 0.833. The fourth-order valence-corrected chi connectivity index (χ4v) is 2.85. The summed E-state index contributed by atoms with van der Waals surface area (Å²) >= 11 is 0. The summed E-state index contributed by atoms with van der Waals surface area (Å²) in [5.74, 6) is 2.95. The van der Waals surface area contributed by atoms with Gasteiger partial charge in [0, 0.05) is 44.7 Å². The molecule has 0 spiro atoms. The molecule has 0 aliphatic carbocycles. The van der Waals surface area contributed by atoms with Crippen molar-refractivity contribution in [2.24, 2.45) is 10.9 Å². The molecule has 0 bridgehead atoms. The van der Waals surface area contributed by atoms with Crippen LogP contribution in [-0.4, -0.2) is 65.2 Å². The number of guanidine groups is 1. The molecule has 2 rings (SSSR count). The number of hydrogen-bond acceptors (Lipinski definition) is 5. The zero-order chi connectivity index (χ0) is 18.4. The summed E-state index contributed by atoms with van der Waals surface area (Å²) in [6.07, 6.45) is 0. The van der Waals surface area contributed by atoms with E-state index < -0.39 is 0 Å². The van der Waals surface area contributed by atoms with Crippen LogP contribution in [0.4, 0.5) is 0 Å². The lowest BCUT2D eigenvalue weighted by Gasteiger charge is -2.37. The summed E-state index contributed by atoms with van der Waals surface area (Å²) in [5.41, 5.74) is -0.133. The number of aliphatic imine (C=N–C) groups is 1. The topological polar surface area (TPSA) is 69.8 Å². The van der Waals surface area contributed by atoms with E-state index in [0.717, 1.165) is 38.7 Å². The number of rotatable bonds is 5. The van der Waals surface area contributed by atoms with Crippen molar-refractivity contribution in [2.75, 3.05) is 39.3 Å². The first-order valence-corrected chi connectivity index (χ1v) is 9.38. The lowest BCUT2D eigenvalue weighted by molar-refractivity contribution is 0.164. The smallest absolute Gasteiger partial charge is 0.232 e. The van der Waals surface area contributed by atoms with Crippen molar-refractivity contribution in [1.29, 1.82) is 0 Å². The van der Waals surface area contributed by atoms with Crippen LogP contribution in [0.2, 0.25) is 0 Å². The van der Waals surface area contributed by atoms with Crippen molar-refractivity contribution in [3.05, 3.63) is 11.7 Å². The molecule has 1 aromatic heterocycles. The largest absolute Gasteiger partial charge is 0.357 e. The van der Waals surface area contributed by atoms with Crippen molar-refractivity contribution >= 4 is 5.96 Å². The number of hydrogen-bond donors (Lipinski definition) is 1. The maximum absolute atomic E-state index is 5.35. The van der Waals surface area contributed by atoms with E-state index in [9.17, 15) is 0 Å². The molecule has 0 saturated carbocycles. The highest BCUT2D eigenvalue weighted by atomic mass is 16.5. The molecule has 0 aromatic carbocycles. The van der Waals surface area contributed by atoms with Gasteiger partial charge in [0.05, 0.1) is 0 Å². The van der Waals surface area contributed by atoms with Crippen LogP contribution < -0.4 is 5.32 Å². The Labute approximate surface area is 151 Å². The molecule has 7 heteroatoms. The lowest BCUT2D eigenvalue weighted by Crippen LogP contribution is -2.53. The van der Waals surface area contributed by atoms with Gasteiger partial charge in [-0.25, -0.2) is 4.99 Å². The molecule has 1 aliphatic heterocycles. The first-order valence-electron chi connectivity index (χ1n) is 9.38. The molecule has 142 valence electrons. The van der Waals surface area contributed by atoms with Gasteiger partial charge in [-0.3, -0.25) is 4.90 Å². The summed E-state index contributed by atoms with van der Waals surface area (Å²) in [4.78, 5) is 14.0. The molecule has 0 radical (unpaired) electrons. The Bertz CT molecular complexity index is 552. The van der Waals surface area contributed by atoms with Crippen LogP contribution in [0.15, 0.2) is 9.52 Å². The van der Waals surface area contributed by atoms with Crippen molar-refractivity contribution in [3.8, 4) is 0 Å². The molecule has 2 heterocycles. The summed E-state index contributed by atoms with van der Waals surface area (Å²) in [7, 11) is 0. The molecule has 1 aromatic rings. The van der Waals surface area contributed by atoms with Gasteiger partial charge in [-0.1, -0.05) is 39.8 Å². The quantitative estimate of drug-likeness (QED) is 0.648. The van der Waals surface area contributed by atoms with Crippen molar-refractivity contribution in [2.45, 2.75) is 53.5 Å². The van der Waals surface area contributed by atoms with Crippen LogP contribution >= 0.6 is 0 Å². The predicted molar refractivity (Wildman–Crippen MR) is 101 cm³/mol. The van der Waals surface area contributed by atoms with Gasteiger partial charge in [-0.15, -0.1) is 0 Å². The standard InChI is InChI=1S/C18H34N6O/c1-7-19-17(24-10-8-23(9-11-24)13-14(2)3)20-12-15-21-16(25-22-15)18(4,5)6/h14H,7-13H2,1-6H3,(H,19,20). The predicted octanol–water partition coefficient (Wildman–Crippen LogP) is 2.11. The highest BCUT2D eigenvalue weighted by Crippen LogP contribution is 2.19. The summed E-state index contributed by atoms with van der Waals surface area (Å²) in [6.45, 7) is 19.4. The minimum absolute atomic E-state index is 0.133. The molecular formula is C18H34N6O. The third-order valence-corrected chi connectivity index (χ3v) is 4.11. The van der Waals surface area contributed by atoms with Crippen LogP contribution in [0.25, 0.3) is 0 Å². The van der Waals surface area contributed by atoms with Crippen molar-refractivity contribution < 1.29 is 4.52 Å². The van der Waals surface area contributed by atoms with E-state index >= 15 is 0 Å². The van der Waals surface area contributed by atoms with Gasteiger partial charge in [0.25, 0.3) is 0 Å². The Kier molecular flexibility index (Phi) is 6.81. The van der Waals surface area contributed by atoms with Crippen molar-refractivity contribution in [1.82, 2.24) is 25.3 Å². The highest BCUT2D eigenvalue weighted by Gasteiger charge is 2.22. The number of nitrogens with zero attached hydrogens (tertiary/aromatic N) is 5. The SMILES string of the molecule is CCNC(=NCc1noc(C(C)(C)C)n1)N1CCN(CC(C)C)CC1. The molecule has 7 nitrogen and oxygen atoms in total. The first kappa shape index (κ1) is 19.7. The Balaban J connectivity index is 1.96. The third kappa shape index (κ3) is 5.99. The Morgan fingerprint density at radius 3 is 2.44 bits per heavy atom. The Hall–Kier alpha value is -1.63. The van der Waals surface area contributed by atoms with E-state index in [2.05, 4.69) is 66.8 Å². The van der Waals surface area contributed by atoms with Crippen LogP contribution in [0.3, 0.4) is 0 Å². The Morgan fingerprint density at radius 1 is 1.24 bits per heavy atom. The molecule has 1 saturated heterocycles. The third-order valence-electron chi connectivity index (χ3n) is 4.11. The molecule has 0 atom stereocenters. The van der Waals surface area contributed by atoms with Crippen LogP contribution in [0, 0.1) is 5.92 Å². The van der Waals surface area contributed by atoms with Crippen LogP contribution in [-0.2, 0) is 12.0 Å². The van der Waals surface area contributed by atoms with E-state index in [4.69, 9.17) is 9.52 Å². The van der Waals surface area contributed by atoms with E-state index in [1.165, 1.54) is 6.54 Å². The number of piperazine rings is 1. The van der Waals surface area contributed by atoms with E-state index in [-0.39, 0.29) is 5.41 Å². The number of nitrogens with one attached hydrogen (secondary N) is 1. The van der Waals surface area contributed by atoms with Crippen LogP contribution in [0.1, 0.15) is 53.3 Å². The molecule has 1 N–H and O–H groups in total. The molecule has 1 fully saturated rings. The fourth-order valence-electron chi connectivity index (χ4n) is 2.85. The Morgan fingerprint density at radius 2 is 1.92 bits per heavy atom. The van der Waals surface area contributed by atoms with Gasteiger partial charge < -0.3 is 14.7 Å². The molecular weight excluding hydrogens is 316 g/mol. The monoisotopic (exact) mass is 350 g/mol. The second-order valence-electron chi connectivity index (χ2n) is 8.12. The molecule has 0 unspecified atom stereocenters. The zero-order valence-electron chi connectivity index (χ0n) is 16.7. The van der Waals surface area contributed by atoms with E-state index in [1.807, 2.05) is 0 Å². The summed E-state index contributed by atoms with van der Waals surface area (Å²) in [5, 5.41) is 7.44. The maximum atomic E-state index is 5.35. The molecule has 1 aliphatic rings. The minimum Gasteiger partial charge on any atom is -0.357 e. The average Bonchev–Trinajstić information content (AvgIpc) is 3.01. The summed E-state index contributed by atoms with van der Waals surface area (Å²) < 4.78 is 5.35.